The first kappa shape index (κ1) is 12.5. The molecule has 0 amide bonds. The van der Waals surface area contributed by atoms with Crippen LogP contribution in [0.4, 0.5) is 17.6 Å². The van der Waals surface area contributed by atoms with Crippen molar-refractivity contribution in [3.05, 3.63) is 23.5 Å². The first-order valence-electron chi connectivity index (χ1n) is 3.47. The Morgan fingerprint density at radius 3 is 2.27 bits per heavy atom. The van der Waals surface area contributed by atoms with Crippen molar-refractivity contribution >= 4 is 27.5 Å². The molecule has 0 spiro atoms. The van der Waals surface area contributed by atoms with Crippen LogP contribution in [0.15, 0.2) is 18.3 Å². The van der Waals surface area contributed by atoms with Crippen molar-refractivity contribution < 1.29 is 22.3 Å². The van der Waals surface area contributed by atoms with E-state index in [2.05, 4.69) is 9.72 Å². The molecule has 1 aromatic heterocycles. The van der Waals surface area contributed by atoms with Gasteiger partial charge in [0.15, 0.2) is 0 Å². The number of rotatable bonds is 3. The van der Waals surface area contributed by atoms with E-state index >= 15 is 0 Å². The molecular weight excluding hydrogens is 305 g/mol. The molecule has 1 heterocycles. The minimum Gasteiger partial charge on any atom is -0.426 e. The highest BCUT2D eigenvalue weighted by molar-refractivity contribution is 9.10. The van der Waals surface area contributed by atoms with Gasteiger partial charge >= 0.3 is 10.9 Å². The first-order valence-corrected chi connectivity index (χ1v) is 4.64. The van der Waals surface area contributed by atoms with Crippen molar-refractivity contribution in [1.82, 2.24) is 4.98 Å². The maximum atomic E-state index is 12.6. The topological polar surface area (TPSA) is 22.1 Å². The van der Waals surface area contributed by atoms with Crippen LogP contribution in [0.5, 0.6) is 5.75 Å². The van der Waals surface area contributed by atoms with Crippen LogP contribution in [0.25, 0.3) is 0 Å². The van der Waals surface area contributed by atoms with E-state index in [1.165, 1.54) is 15.9 Å². The van der Waals surface area contributed by atoms with Crippen LogP contribution in [-0.2, 0) is 0 Å². The SMILES string of the molecule is FC(F)(Br)C(F)(F)Oc1ccc(Cl)nc1. The van der Waals surface area contributed by atoms with Crippen molar-refractivity contribution in [3.8, 4) is 5.75 Å². The molecule has 2 nitrogen and oxygen atoms in total. The van der Waals surface area contributed by atoms with E-state index in [1.807, 2.05) is 0 Å². The average molecular weight is 308 g/mol. The van der Waals surface area contributed by atoms with E-state index in [-0.39, 0.29) is 5.15 Å². The second-order valence-corrected chi connectivity index (χ2v) is 3.82. The summed E-state index contributed by atoms with van der Waals surface area (Å²) in [6.45, 7) is 0. The fourth-order valence-corrected chi connectivity index (χ4v) is 0.821. The highest BCUT2D eigenvalue weighted by Crippen LogP contribution is 2.40. The van der Waals surface area contributed by atoms with E-state index in [0.29, 0.717) is 0 Å². The minimum atomic E-state index is -4.66. The Balaban J connectivity index is 2.82. The highest BCUT2D eigenvalue weighted by Gasteiger charge is 2.57. The summed E-state index contributed by atoms with van der Waals surface area (Å²) >= 11 is 6.88. The lowest BCUT2D eigenvalue weighted by atomic mass is 10.4. The van der Waals surface area contributed by atoms with Gasteiger partial charge in [0.25, 0.3) is 0 Å². The van der Waals surface area contributed by atoms with E-state index in [0.717, 1.165) is 18.3 Å². The number of ether oxygens (including phenoxy) is 1. The molecule has 0 unspecified atom stereocenters. The van der Waals surface area contributed by atoms with Crippen LogP contribution in [-0.4, -0.2) is 15.9 Å². The smallest absolute Gasteiger partial charge is 0.426 e. The van der Waals surface area contributed by atoms with Gasteiger partial charge in [-0.2, -0.15) is 17.6 Å². The first-order chi connectivity index (χ1) is 6.72. The molecule has 0 bridgehead atoms. The van der Waals surface area contributed by atoms with Crippen molar-refractivity contribution in [2.24, 2.45) is 0 Å². The van der Waals surface area contributed by atoms with E-state index < -0.39 is 16.7 Å². The summed E-state index contributed by atoms with van der Waals surface area (Å²) in [5.41, 5.74) is 0. The van der Waals surface area contributed by atoms with Gasteiger partial charge in [-0.25, -0.2) is 4.98 Å². The van der Waals surface area contributed by atoms with E-state index in [1.54, 1.807) is 0 Å². The second-order valence-electron chi connectivity index (χ2n) is 2.43. The van der Waals surface area contributed by atoms with Crippen LogP contribution < -0.4 is 4.74 Å². The molecule has 0 N–H and O–H groups in total. The third-order valence-electron chi connectivity index (χ3n) is 1.28. The maximum Gasteiger partial charge on any atom is 0.475 e. The predicted octanol–water partition coefficient (Wildman–Crippen LogP) is 3.69. The Hall–Kier alpha value is -0.560. The summed E-state index contributed by atoms with van der Waals surface area (Å²) in [4.78, 5) is -1.07. The molecule has 0 atom stereocenters. The summed E-state index contributed by atoms with van der Waals surface area (Å²) in [5, 5.41) is 0.0382. The molecule has 84 valence electrons. The van der Waals surface area contributed by atoms with Gasteiger partial charge in [0.2, 0.25) is 0 Å². The highest BCUT2D eigenvalue weighted by atomic mass is 79.9. The predicted molar refractivity (Wildman–Crippen MR) is 48.7 cm³/mol. The van der Waals surface area contributed by atoms with Crippen LogP contribution in [0.3, 0.4) is 0 Å². The number of pyridine rings is 1. The zero-order chi connectivity index (χ0) is 11.7. The summed E-state index contributed by atoms with van der Waals surface area (Å²) in [7, 11) is 0. The van der Waals surface area contributed by atoms with Gasteiger partial charge in [-0.1, -0.05) is 11.6 Å². The average Bonchev–Trinajstić information content (AvgIpc) is 2.06. The van der Waals surface area contributed by atoms with E-state index in [4.69, 9.17) is 11.6 Å². The van der Waals surface area contributed by atoms with Gasteiger partial charge in [0, 0.05) is 15.9 Å². The Morgan fingerprint density at radius 1 is 1.27 bits per heavy atom. The lowest BCUT2D eigenvalue weighted by molar-refractivity contribution is -0.266. The van der Waals surface area contributed by atoms with Crippen molar-refractivity contribution in [2.45, 2.75) is 10.9 Å². The summed E-state index contributed by atoms with van der Waals surface area (Å²) in [5.74, 6) is -0.511. The minimum absolute atomic E-state index is 0.0382. The molecule has 0 aliphatic carbocycles. The number of halogens is 6. The molecule has 0 saturated heterocycles. The van der Waals surface area contributed by atoms with Crippen LogP contribution >= 0.6 is 27.5 Å². The monoisotopic (exact) mass is 307 g/mol. The van der Waals surface area contributed by atoms with Gasteiger partial charge in [-0.3, -0.25) is 0 Å². The largest absolute Gasteiger partial charge is 0.475 e. The van der Waals surface area contributed by atoms with Crippen molar-refractivity contribution in [2.75, 3.05) is 0 Å². The van der Waals surface area contributed by atoms with Gasteiger partial charge in [-0.05, 0) is 12.1 Å². The third kappa shape index (κ3) is 3.20. The van der Waals surface area contributed by atoms with Crippen LogP contribution in [0.1, 0.15) is 0 Å². The van der Waals surface area contributed by atoms with Gasteiger partial charge in [0.1, 0.15) is 10.9 Å². The lowest BCUT2D eigenvalue weighted by Gasteiger charge is -2.21. The van der Waals surface area contributed by atoms with Gasteiger partial charge in [0.05, 0.1) is 6.20 Å². The molecule has 0 aliphatic rings. The molecule has 0 aliphatic heterocycles. The van der Waals surface area contributed by atoms with Crippen molar-refractivity contribution in [1.29, 1.82) is 0 Å². The molecule has 1 rings (SSSR count). The lowest BCUT2D eigenvalue weighted by Crippen LogP contribution is -2.40. The molecule has 0 saturated carbocycles. The number of hydrogen-bond acceptors (Lipinski definition) is 2. The van der Waals surface area contributed by atoms with Gasteiger partial charge in [-0.15, -0.1) is 0 Å². The normalized spacial score (nSPS) is 12.7. The summed E-state index contributed by atoms with van der Waals surface area (Å²) < 4.78 is 53.6. The Labute approximate surface area is 95.3 Å². The number of aromatic nitrogens is 1. The third-order valence-corrected chi connectivity index (χ3v) is 1.96. The standard InChI is InChI=1S/C7H3BrClF4NO/c8-6(10,11)7(12,13)15-4-1-2-5(9)14-3-4/h1-3H. The molecule has 1 aromatic rings. The summed E-state index contributed by atoms with van der Waals surface area (Å²) in [6.07, 6.45) is -3.85. The molecule has 0 radical (unpaired) electrons. The molecule has 0 aromatic carbocycles. The molecular formula is C7H3BrClF4NO. The van der Waals surface area contributed by atoms with Crippen LogP contribution in [0.2, 0.25) is 5.15 Å². The second kappa shape index (κ2) is 4.13. The fourth-order valence-electron chi connectivity index (χ4n) is 0.628. The Morgan fingerprint density at radius 2 is 1.87 bits per heavy atom. The maximum absolute atomic E-state index is 12.6. The van der Waals surface area contributed by atoms with Gasteiger partial charge < -0.3 is 4.74 Å². The fraction of sp³-hybridized carbons (Fsp3) is 0.286. The van der Waals surface area contributed by atoms with E-state index in [9.17, 15) is 17.6 Å². The van der Waals surface area contributed by atoms with Crippen LogP contribution in [0, 0.1) is 0 Å². The summed E-state index contributed by atoms with van der Waals surface area (Å²) in [6, 6.07) is 2.14. The zero-order valence-electron chi connectivity index (χ0n) is 6.86. The molecule has 15 heavy (non-hydrogen) atoms. The molecule has 8 heteroatoms. The zero-order valence-corrected chi connectivity index (χ0v) is 9.20. The molecule has 0 fully saturated rings. The van der Waals surface area contributed by atoms with Crippen molar-refractivity contribution in [3.63, 3.8) is 0 Å². The Kier molecular flexibility index (Phi) is 3.44. The Bertz CT molecular complexity index is 340. The number of hydrogen-bond donors (Lipinski definition) is 0. The number of nitrogens with zero attached hydrogens (tertiary/aromatic N) is 1. The quantitative estimate of drug-likeness (QED) is 0.482. The number of alkyl halides is 5.